The van der Waals surface area contributed by atoms with E-state index in [9.17, 15) is 39.5 Å². The molecule has 1 unspecified atom stereocenters. The van der Waals surface area contributed by atoms with Gasteiger partial charge in [-0.2, -0.15) is 35.1 Å². The lowest BCUT2D eigenvalue weighted by atomic mass is 10.0. The largest absolute Gasteiger partial charge is 0.387 e. The number of rotatable bonds is 4. The quantitative estimate of drug-likeness (QED) is 0.588. The fraction of sp³-hybridized carbons (Fsp3) is 1.00. The van der Waals surface area contributed by atoms with E-state index in [1.54, 1.807) is 0 Å². The van der Waals surface area contributed by atoms with Crippen LogP contribution in [0.15, 0.2) is 0 Å². The van der Waals surface area contributed by atoms with Crippen LogP contribution in [0, 0.1) is 0 Å². The maximum atomic E-state index is 12.5. The van der Waals surface area contributed by atoms with Gasteiger partial charge in [-0.05, 0) is 6.92 Å². The smallest absolute Gasteiger partial charge is 0.241 e. The van der Waals surface area contributed by atoms with Crippen LogP contribution >= 0.6 is 12.6 Å². The minimum Gasteiger partial charge on any atom is -0.241 e. The molecule has 0 spiro atoms. The van der Waals surface area contributed by atoms with Gasteiger partial charge in [-0.1, -0.05) is 12.6 Å². The number of thiol groups is 1. The molecule has 0 rings (SSSR count). The average molecular weight is 280 g/mol. The monoisotopic (exact) mass is 280 g/mol. The zero-order valence-corrected chi connectivity index (χ0v) is 8.32. The maximum Gasteiger partial charge on any atom is 0.387 e. The molecule has 0 heterocycles. The van der Waals surface area contributed by atoms with Crippen molar-refractivity contribution >= 4 is 12.6 Å². The van der Waals surface area contributed by atoms with Crippen LogP contribution in [-0.2, 0) is 0 Å². The van der Waals surface area contributed by atoms with Gasteiger partial charge in [0.2, 0.25) is 0 Å². The molecule has 98 valence electrons. The molecule has 0 saturated heterocycles. The Labute approximate surface area is 89.2 Å². The van der Waals surface area contributed by atoms with Gasteiger partial charge in [-0.3, -0.25) is 0 Å². The predicted octanol–water partition coefficient (Wildman–Crippen LogP) is 3.77. The second-order valence-electron chi connectivity index (χ2n) is 2.93. The molecule has 0 aromatic rings. The average Bonchev–Trinajstić information content (AvgIpc) is 2.00. The van der Waals surface area contributed by atoms with Crippen molar-refractivity contribution in [3.05, 3.63) is 0 Å². The van der Waals surface area contributed by atoms with Crippen LogP contribution in [0.5, 0.6) is 0 Å². The van der Waals surface area contributed by atoms with Crippen molar-refractivity contribution in [1.82, 2.24) is 0 Å². The first-order valence-corrected chi connectivity index (χ1v) is 4.02. The lowest BCUT2D eigenvalue weighted by Crippen LogP contribution is -2.63. The molecule has 0 fully saturated rings. The van der Waals surface area contributed by atoms with Gasteiger partial charge in [0.15, 0.2) is 6.17 Å². The van der Waals surface area contributed by atoms with Crippen LogP contribution in [0.4, 0.5) is 39.5 Å². The van der Waals surface area contributed by atoms with Crippen molar-refractivity contribution in [3.63, 3.8) is 0 Å². The molecular weight excluding hydrogens is 275 g/mol. The predicted molar refractivity (Wildman–Crippen MR) is 39.3 cm³/mol. The Hall–Kier alpha value is -0.280. The van der Waals surface area contributed by atoms with E-state index >= 15 is 0 Å². The number of alkyl halides is 9. The summed E-state index contributed by atoms with van der Waals surface area (Å²) in [6, 6.07) is 0. The van der Waals surface area contributed by atoms with Crippen LogP contribution in [-0.4, -0.2) is 29.2 Å². The summed E-state index contributed by atoms with van der Waals surface area (Å²) in [6.45, 7) is -0.152. The third-order valence-corrected chi connectivity index (χ3v) is 1.97. The lowest BCUT2D eigenvalue weighted by molar-refractivity contribution is -0.355. The summed E-state index contributed by atoms with van der Waals surface area (Å²) < 4.78 is 110. The summed E-state index contributed by atoms with van der Waals surface area (Å²) >= 11 is 1.81. The van der Waals surface area contributed by atoms with Crippen LogP contribution < -0.4 is 0 Å². The molecule has 0 amide bonds. The lowest BCUT2D eigenvalue weighted by Gasteiger charge is -2.35. The Morgan fingerprint density at radius 2 is 1.12 bits per heavy atom. The van der Waals surface area contributed by atoms with E-state index in [1.165, 1.54) is 0 Å². The van der Waals surface area contributed by atoms with Crippen molar-refractivity contribution in [3.8, 4) is 0 Å². The third kappa shape index (κ3) is 2.07. The van der Waals surface area contributed by atoms with Crippen LogP contribution in [0.3, 0.4) is 0 Å². The Morgan fingerprint density at radius 3 is 1.31 bits per heavy atom. The summed E-state index contributed by atoms with van der Waals surface area (Å²) in [6.07, 6.45) is -3.73. The summed E-state index contributed by atoms with van der Waals surface area (Å²) in [5.41, 5.74) is 0. The van der Waals surface area contributed by atoms with Crippen molar-refractivity contribution < 1.29 is 39.5 Å². The molecule has 0 nitrogen and oxygen atoms in total. The van der Waals surface area contributed by atoms with Gasteiger partial charge >= 0.3 is 23.0 Å². The van der Waals surface area contributed by atoms with Crippen molar-refractivity contribution in [2.24, 2.45) is 0 Å². The fourth-order valence-electron chi connectivity index (χ4n) is 0.648. The van der Waals surface area contributed by atoms with E-state index in [0.717, 1.165) is 0 Å². The highest BCUT2D eigenvalue weighted by atomic mass is 32.1. The van der Waals surface area contributed by atoms with E-state index in [0.29, 0.717) is 0 Å². The van der Waals surface area contributed by atoms with Gasteiger partial charge in [0.25, 0.3) is 0 Å². The van der Waals surface area contributed by atoms with E-state index in [1.807, 2.05) is 12.6 Å². The van der Waals surface area contributed by atoms with Gasteiger partial charge in [0, 0.05) is 0 Å². The zero-order valence-electron chi connectivity index (χ0n) is 7.43. The first kappa shape index (κ1) is 15.7. The van der Waals surface area contributed by atoms with E-state index < -0.39 is 29.2 Å². The Morgan fingerprint density at radius 1 is 0.812 bits per heavy atom. The van der Waals surface area contributed by atoms with Gasteiger partial charge in [0.1, 0.15) is 0 Å². The van der Waals surface area contributed by atoms with Crippen LogP contribution in [0.1, 0.15) is 6.92 Å². The summed E-state index contributed by atoms with van der Waals surface area (Å²) in [4.78, 5) is 0. The normalized spacial score (nSPS) is 17.4. The topological polar surface area (TPSA) is 0 Å². The standard InChI is InChI=1S/C6H5F9S/c1-2(7)3(8,9)4(10,11)5(12,13)6(14,15)16/h2,16H,1H3. The van der Waals surface area contributed by atoms with Crippen LogP contribution in [0.25, 0.3) is 0 Å². The molecule has 0 saturated carbocycles. The number of hydrogen-bond acceptors (Lipinski definition) is 1. The molecule has 0 bridgehead atoms. The fourth-order valence-corrected chi connectivity index (χ4v) is 0.788. The van der Waals surface area contributed by atoms with Gasteiger partial charge < -0.3 is 0 Å². The molecule has 0 N–H and O–H groups in total. The molecule has 0 aliphatic heterocycles. The molecule has 0 aliphatic rings. The summed E-state index contributed by atoms with van der Waals surface area (Å²) in [7, 11) is 0. The Kier molecular flexibility index (Phi) is 3.81. The van der Waals surface area contributed by atoms with E-state index in [4.69, 9.17) is 0 Å². The number of halogens is 9. The van der Waals surface area contributed by atoms with Crippen molar-refractivity contribution in [1.29, 1.82) is 0 Å². The van der Waals surface area contributed by atoms with Gasteiger partial charge in [-0.25, -0.2) is 4.39 Å². The van der Waals surface area contributed by atoms with Crippen molar-refractivity contribution in [2.75, 3.05) is 0 Å². The Balaban J connectivity index is 5.53. The van der Waals surface area contributed by atoms with E-state index in [2.05, 4.69) is 0 Å². The Bertz CT molecular complexity index is 253. The molecule has 16 heavy (non-hydrogen) atoms. The number of hydrogen-bond donors (Lipinski definition) is 1. The molecule has 0 aromatic heterocycles. The first-order valence-electron chi connectivity index (χ1n) is 3.57. The van der Waals surface area contributed by atoms with Crippen LogP contribution in [0.2, 0.25) is 0 Å². The zero-order chi connectivity index (χ0) is 13.6. The molecule has 10 heteroatoms. The van der Waals surface area contributed by atoms with Crippen molar-refractivity contribution in [2.45, 2.75) is 36.1 Å². The second-order valence-corrected chi connectivity index (χ2v) is 3.49. The molecule has 0 radical (unpaired) electrons. The summed E-state index contributed by atoms with van der Waals surface area (Å²) in [5.74, 6) is -19.0. The highest BCUT2D eigenvalue weighted by molar-refractivity contribution is 7.81. The van der Waals surface area contributed by atoms with Gasteiger partial charge in [-0.15, -0.1) is 0 Å². The molecule has 0 aliphatic carbocycles. The molecule has 0 aromatic carbocycles. The minimum atomic E-state index is -6.57. The molecular formula is C6H5F9S. The van der Waals surface area contributed by atoms with E-state index in [-0.39, 0.29) is 6.92 Å². The van der Waals surface area contributed by atoms with Gasteiger partial charge in [0.05, 0.1) is 0 Å². The third-order valence-electron chi connectivity index (χ3n) is 1.69. The first-order chi connectivity index (χ1) is 6.69. The highest BCUT2D eigenvalue weighted by Crippen LogP contribution is 2.54. The maximum absolute atomic E-state index is 12.5. The molecule has 1 atom stereocenters. The second kappa shape index (κ2) is 3.88. The summed E-state index contributed by atoms with van der Waals surface area (Å²) in [5, 5.41) is -5.71. The SMILES string of the molecule is CC(F)C(F)(F)C(F)(F)C(F)(F)C(F)(F)S. The highest BCUT2D eigenvalue weighted by Gasteiger charge is 2.81. The minimum absolute atomic E-state index is 0.152.